The number of nitrogens with zero attached hydrogens (tertiary/aromatic N) is 2. The first-order valence-corrected chi connectivity index (χ1v) is 7.95. The maximum Gasteiger partial charge on any atom is 0.0223 e. The first kappa shape index (κ1) is 14.3. The average molecular weight is 253 g/mol. The highest BCUT2D eigenvalue weighted by atomic mass is 15.2. The maximum atomic E-state index is 3.65. The van der Waals surface area contributed by atoms with Crippen LogP contribution in [0.15, 0.2) is 0 Å². The molecule has 0 aliphatic carbocycles. The highest BCUT2D eigenvalue weighted by molar-refractivity contribution is 4.81. The normalized spacial score (nSPS) is 30.2. The Bertz CT molecular complexity index is 226. The molecule has 18 heavy (non-hydrogen) atoms. The Morgan fingerprint density at radius 3 is 2.83 bits per heavy atom. The van der Waals surface area contributed by atoms with Crippen LogP contribution < -0.4 is 5.32 Å². The Hall–Kier alpha value is -0.120. The first-order chi connectivity index (χ1) is 8.79. The van der Waals surface area contributed by atoms with Crippen molar-refractivity contribution in [1.29, 1.82) is 0 Å². The van der Waals surface area contributed by atoms with Crippen LogP contribution in [-0.2, 0) is 0 Å². The second kappa shape index (κ2) is 7.46. The van der Waals surface area contributed by atoms with Gasteiger partial charge in [-0.15, -0.1) is 0 Å². The highest BCUT2D eigenvalue weighted by Crippen LogP contribution is 2.17. The molecule has 2 saturated heterocycles. The van der Waals surface area contributed by atoms with Gasteiger partial charge in [0.25, 0.3) is 0 Å². The van der Waals surface area contributed by atoms with Crippen molar-refractivity contribution >= 4 is 0 Å². The molecule has 2 atom stereocenters. The van der Waals surface area contributed by atoms with Crippen molar-refractivity contribution in [2.75, 3.05) is 39.8 Å². The zero-order valence-corrected chi connectivity index (χ0v) is 12.3. The van der Waals surface area contributed by atoms with E-state index in [0.717, 1.165) is 12.1 Å². The molecule has 3 heteroatoms. The number of rotatable bonds is 6. The van der Waals surface area contributed by atoms with E-state index >= 15 is 0 Å². The molecule has 2 unspecified atom stereocenters. The highest BCUT2D eigenvalue weighted by Gasteiger charge is 2.24. The summed E-state index contributed by atoms with van der Waals surface area (Å²) in [6, 6.07) is 1.60. The van der Waals surface area contributed by atoms with Crippen molar-refractivity contribution in [3.05, 3.63) is 0 Å². The topological polar surface area (TPSA) is 18.5 Å². The van der Waals surface area contributed by atoms with Crippen LogP contribution in [0.4, 0.5) is 0 Å². The summed E-state index contributed by atoms with van der Waals surface area (Å²) in [5, 5.41) is 3.65. The lowest BCUT2D eigenvalue weighted by molar-refractivity contribution is 0.191. The molecule has 2 rings (SSSR count). The molecular weight excluding hydrogens is 222 g/mol. The summed E-state index contributed by atoms with van der Waals surface area (Å²) in [7, 11) is 2.30. The predicted molar refractivity (Wildman–Crippen MR) is 78.0 cm³/mol. The summed E-state index contributed by atoms with van der Waals surface area (Å²) >= 11 is 0. The molecule has 2 heterocycles. The van der Waals surface area contributed by atoms with E-state index in [4.69, 9.17) is 0 Å². The molecule has 2 aliphatic heterocycles. The van der Waals surface area contributed by atoms with Crippen LogP contribution in [-0.4, -0.2) is 61.7 Å². The van der Waals surface area contributed by atoms with Crippen LogP contribution in [0, 0.1) is 0 Å². The van der Waals surface area contributed by atoms with Crippen LogP contribution in [0.3, 0.4) is 0 Å². The van der Waals surface area contributed by atoms with Crippen LogP contribution in [0.25, 0.3) is 0 Å². The molecule has 106 valence electrons. The fourth-order valence-corrected chi connectivity index (χ4v) is 3.52. The fraction of sp³-hybridized carbons (Fsp3) is 1.00. The molecule has 0 spiro atoms. The average Bonchev–Trinajstić information content (AvgIpc) is 2.85. The van der Waals surface area contributed by atoms with E-state index in [1.54, 1.807) is 0 Å². The zero-order valence-electron chi connectivity index (χ0n) is 12.3. The standard InChI is InChI=1S/C15H31N3/c1-3-18-11-6-8-15(18)13-17(2)12-9-14-7-4-5-10-16-14/h14-16H,3-13H2,1-2H3. The van der Waals surface area contributed by atoms with Gasteiger partial charge in [0.05, 0.1) is 0 Å². The van der Waals surface area contributed by atoms with E-state index < -0.39 is 0 Å². The lowest BCUT2D eigenvalue weighted by Gasteiger charge is -2.30. The van der Waals surface area contributed by atoms with Crippen LogP contribution in [0.1, 0.15) is 45.4 Å². The van der Waals surface area contributed by atoms with E-state index in [9.17, 15) is 0 Å². The van der Waals surface area contributed by atoms with Gasteiger partial charge in [-0.3, -0.25) is 4.90 Å². The fourth-order valence-electron chi connectivity index (χ4n) is 3.52. The van der Waals surface area contributed by atoms with Crippen molar-refractivity contribution in [1.82, 2.24) is 15.1 Å². The van der Waals surface area contributed by atoms with Gasteiger partial charge in [-0.25, -0.2) is 0 Å². The lowest BCUT2D eigenvalue weighted by Crippen LogP contribution is -2.41. The maximum absolute atomic E-state index is 3.65. The summed E-state index contributed by atoms with van der Waals surface area (Å²) in [5.74, 6) is 0. The van der Waals surface area contributed by atoms with Crippen LogP contribution in [0.5, 0.6) is 0 Å². The van der Waals surface area contributed by atoms with Crippen molar-refractivity contribution in [2.45, 2.75) is 57.5 Å². The van der Waals surface area contributed by atoms with Crippen molar-refractivity contribution in [3.63, 3.8) is 0 Å². The Morgan fingerprint density at radius 2 is 2.11 bits per heavy atom. The molecule has 0 aromatic heterocycles. The number of piperidine rings is 1. The third kappa shape index (κ3) is 4.22. The smallest absolute Gasteiger partial charge is 0.0223 e. The van der Waals surface area contributed by atoms with Gasteiger partial charge in [-0.2, -0.15) is 0 Å². The minimum absolute atomic E-state index is 0.784. The Morgan fingerprint density at radius 1 is 1.22 bits per heavy atom. The molecule has 3 nitrogen and oxygen atoms in total. The number of hydrogen-bond acceptors (Lipinski definition) is 3. The summed E-state index contributed by atoms with van der Waals surface area (Å²) in [4.78, 5) is 5.20. The molecule has 0 saturated carbocycles. The third-order valence-electron chi connectivity index (χ3n) is 4.70. The molecule has 0 aromatic carbocycles. The predicted octanol–water partition coefficient (Wildman–Crippen LogP) is 1.93. The van der Waals surface area contributed by atoms with E-state index in [0.29, 0.717) is 0 Å². The van der Waals surface area contributed by atoms with Gasteiger partial charge in [0, 0.05) is 18.6 Å². The number of likely N-dealkylation sites (tertiary alicyclic amines) is 1. The monoisotopic (exact) mass is 253 g/mol. The first-order valence-electron chi connectivity index (χ1n) is 7.95. The van der Waals surface area contributed by atoms with Gasteiger partial charge in [0.2, 0.25) is 0 Å². The van der Waals surface area contributed by atoms with Crippen molar-refractivity contribution in [2.24, 2.45) is 0 Å². The summed E-state index contributed by atoms with van der Waals surface area (Å²) < 4.78 is 0. The van der Waals surface area contributed by atoms with Gasteiger partial charge in [-0.1, -0.05) is 13.3 Å². The van der Waals surface area contributed by atoms with E-state index in [-0.39, 0.29) is 0 Å². The zero-order chi connectivity index (χ0) is 12.8. The summed E-state index contributed by atoms with van der Waals surface area (Å²) in [6.45, 7) is 8.60. The number of likely N-dealkylation sites (N-methyl/N-ethyl adjacent to an activating group) is 2. The molecule has 2 fully saturated rings. The minimum atomic E-state index is 0.784. The Kier molecular flexibility index (Phi) is 5.93. The summed E-state index contributed by atoms with van der Waals surface area (Å²) in [5.41, 5.74) is 0. The van der Waals surface area contributed by atoms with Gasteiger partial charge in [-0.05, 0) is 65.3 Å². The Balaban J connectivity index is 1.63. The van der Waals surface area contributed by atoms with Crippen molar-refractivity contribution in [3.8, 4) is 0 Å². The van der Waals surface area contributed by atoms with E-state index in [1.165, 1.54) is 71.2 Å². The molecular formula is C15H31N3. The largest absolute Gasteiger partial charge is 0.314 e. The van der Waals surface area contributed by atoms with Crippen molar-refractivity contribution < 1.29 is 0 Å². The van der Waals surface area contributed by atoms with Gasteiger partial charge >= 0.3 is 0 Å². The molecule has 0 amide bonds. The van der Waals surface area contributed by atoms with Crippen LogP contribution in [0.2, 0.25) is 0 Å². The van der Waals surface area contributed by atoms with E-state index in [1.807, 2.05) is 0 Å². The third-order valence-corrected chi connectivity index (χ3v) is 4.70. The lowest BCUT2D eigenvalue weighted by atomic mass is 10.0. The summed E-state index contributed by atoms with van der Waals surface area (Å²) in [6.07, 6.45) is 8.32. The second-order valence-electron chi connectivity index (χ2n) is 6.12. The molecule has 0 bridgehead atoms. The van der Waals surface area contributed by atoms with E-state index in [2.05, 4.69) is 29.1 Å². The Labute approximate surface area is 113 Å². The minimum Gasteiger partial charge on any atom is -0.314 e. The quantitative estimate of drug-likeness (QED) is 0.780. The van der Waals surface area contributed by atoms with Gasteiger partial charge in [0.1, 0.15) is 0 Å². The molecule has 0 radical (unpaired) electrons. The molecule has 1 N–H and O–H groups in total. The second-order valence-corrected chi connectivity index (χ2v) is 6.12. The SMILES string of the molecule is CCN1CCCC1CN(C)CCC1CCCCN1. The number of nitrogens with one attached hydrogen (secondary N) is 1. The van der Waals surface area contributed by atoms with Crippen LogP contribution >= 0.6 is 0 Å². The number of hydrogen-bond donors (Lipinski definition) is 1. The molecule has 0 aromatic rings. The van der Waals surface area contributed by atoms with Gasteiger partial charge < -0.3 is 10.2 Å². The van der Waals surface area contributed by atoms with Gasteiger partial charge in [0.15, 0.2) is 0 Å². The molecule has 2 aliphatic rings.